The second-order valence-corrected chi connectivity index (χ2v) is 6.20. The topological polar surface area (TPSA) is 55.1 Å². The fourth-order valence-electron chi connectivity index (χ4n) is 2.65. The number of aromatic nitrogens is 2. The van der Waals surface area contributed by atoms with Crippen LogP contribution in [0, 0.1) is 18.8 Å². The molecule has 18 heavy (non-hydrogen) atoms. The van der Waals surface area contributed by atoms with Gasteiger partial charge < -0.3 is 9.67 Å². The van der Waals surface area contributed by atoms with Crippen molar-refractivity contribution >= 4 is 17.7 Å². The lowest BCUT2D eigenvalue weighted by Crippen LogP contribution is -2.11. The molecule has 0 saturated heterocycles. The molecule has 2 unspecified atom stereocenters. The van der Waals surface area contributed by atoms with Gasteiger partial charge in [-0.25, -0.2) is 4.98 Å². The molecule has 1 aromatic heterocycles. The first kappa shape index (κ1) is 13.5. The van der Waals surface area contributed by atoms with E-state index in [2.05, 4.69) is 16.5 Å². The minimum absolute atomic E-state index is 0.0809. The van der Waals surface area contributed by atoms with Crippen LogP contribution >= 0.6 is 11.8 Å². The summed E-state index contributed by atoms with van der Waals surface area (Å²) in [4.78, 5) is 14.9. The molecule has 5 heteroatoms. The van der Waals surface area contributed by atoms with E-state index in [4.69, 9.17) is 5.11 Å². The van der Waals surface area contributed by atoms with Crippen LogP contribution in [-0.2, 0) is 11.3 Å². The van der Waals surface area contributed by atoms with Crippen molar-refractivity contribution in [3.8, 4) is 0 Å². The number of rotatable bonds is 5. The molecule has 0 aromatic carbocycles. The van der Waals surface area contributed by atoms with E-state index < -0.39 is 5.97 Å². The molecule has 0 amide bonds. The third-order valence-corrected chi connectivity index (χ3v) is 4.56. The third kappa shape index (κ3) is 3.28. The summed E-state index contributed by atoms with van der Waals surface area (Å²) in [7, 11) is 0. The smallest absolute Gasteiger partial charge is 0.313 e. The van der Waals surface area contributed by atoms with Gasteiger partial charge in [-0.05, 0) is 31.6 Å². The van der Waals surface area contributed by atoms with Crippen molar-refractivity contribution in [3.63, 3.8) is 0 Å². The van der Waals surface area contributed by atoms with Gasteiger partial charge in [0.2, 0.25) is 0 Å². The molecule has 0 radical (unpaired) electrons. The summed E-state index contributed by atoms with van der Waals surface area (Å²) < 4.78 is 2.18. The van der Waals surface area contributed by atoms with Gasteiger partial charge in [0, 0.05) is 18.4 Å². The van der Waals surface area contributed by atoms with E-state index in [-0.39, 0.29) is 5.75 Å². The maximum atomic E-state index is 10.6. The molecule has 1 heterocycles. The van der Waals surface area contributed by atoms with E-state index in [1.54, 1.807) is 0 Å². The van der Waals surface area contributed by atoms with E-state index in [1.807, 2.05) is 13.1 Å². The number of carbonyl (C=O) groups is 1. The second kappa shape index (κ2) is 5.78. The normalized spacial score (nSPS) is 23.4. The Labute approximate surface area is 112 Å². The molecule has 0 bridgehead atoms. The number of aliphatic carboxylic acids is 1. The maximum absolute atomic E-state index is 10.6. The van der Waals surface area contributed by atoms with E-state index >= 15 is 0 Å². The molecule has 0 spiro atoms. The first-order valence-corrected chi connectivity index (χ1v) is 7.41. The SMILES string of the molecule is Cc1cnc(SCC(=O)O)n1CC1CCC(C)C1. The van der Waals surface area contributed by atoms with Crippen LogP contribution in [-0.4, -0.2) is 26.4 Å². The fraction of sp³-hybridized carbons (Fsp3) is 0.692. The Hall–Kier alpha value is -0.970. The Balaban J connectivity index is 2.02. The summed E-state index contributed by atoms with van der Waals surface area (Å²) in [5.41, 5.74) is 1.13. The van der Waals surface area contributed by atoms with Gasteiger partial charge in [-0.3, -0.25) is 4.79 Å². The highest BCUT2D eigenvalue weighted by Gasteiger charge is 2.23. The Bertz CT molecular complexity index is 431. The largest absolute Gasteiger partial charge is 0.481 e. The second-order valence-electron chi connectivity index (χ2n) is 5.26. The van der Waals surface area contributed by atoms with Crippen molar-refractivity contribution in [1.82, 2.24) is 9.55 Å². The van der Waals surface area contributed by atoms with Crippen molar-refractivity contribution in [1.29, 1.82) is 0 Å². The minimum atomic E-state index is -0.790. The number of imidazole rings is 1. The first-order valence-electron chi connectivity index (χ1n) is 6.43. The zero-order chi connectivity index (χ0) is 13.1. The number of carboxylic acids is 1. The van der Waals surface area contributed by atoms with Gasteiger partial charge >= 0.3 is 5.97 Å². The molecule has 1 N–H and O–H groups in total. The van der Waals surface area contributed by atoms with Gasteiger partial charge in [0.05, 0.1) is 5.75 Å². The lowest BCUT2D eigenvalue weighted by molar-refractivity contribution is -0.133. The van der Waals surface area contributed by atoms with E-state index in [0.29, 0.717) is 0 Å². The van der Waals surface area contributed by atoms with Gasteiger partial charge in [-0.15, -0.1) is 0 Å². The Morgan fingerprint density at radius 2 is 2.39 bits per heavy atom. The summed E-state index contributed by atoms with van der Waals surface area (Å²) in [6.45, 7) is 5.33. The standard InChI is InChI=1S/C13H20N2O2S/c1-9-3-4-11(5-9)7-15-10(2)6-14-13(15)18-8-12(16)17/h6,9,11H,3-5,7-8H2,1-2H3,(H,16,17). The molecule has 1 saturated carbocycles. The van der Waals surface area contributed by atoms with Gasteiger partial charge in [0.15, 0.2) is 5.16 Å². The highest BCUT2D eigenvalue weighted by molar-refractivity contribution is 7.99. The number of hydrogen-bond acceptors (Lipinski definition) is 3. The first-order chi connectivity index (χ1) is 8.56. The highest BCUT2D eigenvalue weighted by Crippen LogP contribution is 2.32. The number of aryl methyl sites for hydroxylation is 1. The minimum Gasteiger partial charge on any atom is -0.481 e. The summed E-state index contributed by atoms with van der Waals surface area (Å²) in [5, 5.41) is 9.58. The molecule has 2 atom stereocenters. The molecule has 1 fully saturated rings. The van der Waals surface area contributed by atoms with Crippen LogP contribution in [0.25, 0.3) is 0 Å². The molecule has 2 rings (SSSR count). The Morgan fingerprint density at radius 1 is 1.61 bits per heavy atom. The summed E-state index contributed by atoms with van der Waals surface area (Å²) in [6, 6.07) is 0. The average Bonchev–Trinajstić information content (AvgIpc) is 2.85. The van der Waals surface area contributed by atoms with E-state index in [9.17, 15) is 4.79 Å². The third-order valence-electron chi connectivity index (χ3n) is 3.59. The van der Waals surface area contributed by atoms with Crippen LogP contribution < -0.4 is 0 Å². The zero-order valence-electron chi connectivity index (χ0n) is 10.9. The highest BCUT2D eigenvalue weighted by atomic mass is 32.2. The Morgan fingerprint density at radius 3 is 3.00 bits per heavy atom. The average molecular weight is 268 g/mol. The number of hydrogen-bond donors (Lipinski definition) is 1. The Kier molecular flexibility index (Phi) is 4.32. The molecule has 1 aromatic rings. The van der Waals surface area contributed by atoms with Crippen LogP contribution in [0.15, 0.2) is 11.4 Å². The van der Waals surface area contributed by atoms with Crippen LogP contribution in [0.2, 0.25) is 0 Å². The molecular weight excluding hydrogens is 248 g/mol. The predicted molar refractivity (Wildman–Crippen MR) is 71.8 cm³/mol. The molecule has 0 aliphatic heterocycles. The van der Waals surface area contributed by atoms with Gasteiger partial charge in [0.1, 0.15) is 0 Å². The molecule has 4 nitrogen and oxygen atoms in total. The van der Waals surface area contributed by atoms with Crippen molar-refractivity contribution in [3.05, 3.63) is 11.9 Å². The van der Waals surface area contributed by atoms with Crippen LogP contribution in [0.1, 0.15) is 31.9 Å². The van der Waals surface area contributed by atoms with Crippen molar-refractivity contribution in [2.75, 3.05) is 5.75 Å². The van der Waals surface area contributed by atoms with Crippen molar-refractivity contribution in [2.24, 2.45) is 11.8 Å². The van der Waals surface area contributed by atoms with Crippen LogP contribution in [0.5, 0.6) is 0 Å². The number of thioether (sulfide) groups is 1. The van der Waals surface area contributed by atoms with Crippen molar-refractivity contribution < 1.29 is 9.90 Å². The van der Waals surface area contributed by atoms with Gasteiger partial charge in [-0.2, -0.15) is 0 Å². The number of nitrogens with zero attached hydrogens (tertiary/aromatic N) is 2. The summed E-state index contributed by atoms with van der Waals surface area (Å²) in [5.74, 6) is 0.838. The zero-order valence-corrected chi connectivity index (χ0v) is 11.7. The van der Waals surface area contributed by atoms with Crippen LogP contribution in [0.4, 0.5) is 0 Å². The lowest BCUT2D eigenvalue weighted by Gasteiger charge is -2.14. The lowest BCUT2D eigenvalue weighted by atomic mass is 10.1. The monoisotopic (exact) mass is 268 g/mol. The van der Waals surface area contributed by atoms with E-state index in [0.717, 1.165) is 29.2 Å². The van der Waals surface area contributed by atoms with Gasteiger partial charge in [0.25, 0.3) is 0 Å². The molecule has 1 aliphatic rings. The van der Waals surface area contributed by atoms with Crippen LogP contribution in [0.3, 0.4) is 0 Å². The van der Waals surface area contributed by atoms with Crippen molar-refractivity contribution in [2.45, 2.75) is 44.8 Å². The molecular formula is C13H20N2O2S. The maximum Gasteiger partial charge on any atom is 0.313 e. The fourth-order valence-corrected chi connectivity index (χ4v) is 3.41. The molecule has 100 valence electrons. The quantitative estimate of drug-likeness (QED) is 0.834. The molecule has 1 aliphatic carbocycles. The predicted octanol–water partition coefficient (Wildman–Crippen LogP) is 2.80. The van der Waals surface area contributed by atoms with Gasteiger partial charge in [-0.1, -0.05) is 25.1 Å². The summed E-state index contributed by atoms with van der Waals surface area (Å²) >= 11 is 1.31. The number of carboxylic acid groups (broad SMARTS) is 1. The van der Waals surface area contributed by atoms with E-state index in [1.165, 1.54) is 31.0 Å². The summed E-state index contributed by atoms with van der Waals surface area (Å²) in [6.07, 6.45) is 5.71.